The third-order valence-corrected chi connectivity index (χ3v) is 6.32. The van der Waals surface area contributed by atoms with Crippen LogP contribution < -0.4 is 15.8 Å². The number of rotatable bonds is 6. The number of nitrogens with zero attached hydrogens (tertiary/aromatic N) is 5. The second kappa shape index (κ2) is 11.1. The van der Waals surface area contributed by atoms with E-state index in [2.05, 4.69) is 25.5 Å². The van der Waals surface area contributed by atoms with Crippen molar-refractivity contribution in [3.05, 3.63) is 100 Å². The number of hydrogen-bond acceptors (Lipinski definition) is 6. The first-order chi connectivity index (χ1) is 18.0. The van der Waals surface area contributed by atoms with E-state index in [9.17, 15) is 14.0 Å². The van der Waals surface area contributed by atoms with Gasteiger partial charge in [-0.3, -0.25) is 9.59 Å². The van der Waals surface area contributed by atoms with E-state index in [-0.39, 0.29) is 17.8 Å². The van der Waals surface area contributed by atoms with Gasteiger partial charge in [0.05, 0.1) is 12.2 Å². The van der Waals surface area contributed by atoms with E-state index in [1.54, 1.807) is 18.2 Å². The Morgan fingerprint density at radius 1 is 0.892 bits per heavy atom. The monoisotopic (exact) mass is 498 g/mol. The molecule has 188 valence electrons. The predicted octanol–water partition coefficient (Wildman–Crippen LogP) is 4.52. The molecule has 2 aromatic heterocycles. The lowest BCUT2D eigenvalue weighted by atomic mass is 10.1. The summed E-state index contributed by atoms with van der Waals surface area (Å²) in [6.45, 7) is 2.05. The van der Waals surface area contributed by atoms with Gasteiger partial charge in [-0.2, -0.15) is 5.10 Å². The van der Waals surface area contributed by atoms with E-state index in [1.165, 1.54) is 49.9 Å². The summed E-state index contributed by atoms with van der Waals surface area (Å²) >= 11 is 0. The number of carbonyl (C=O) groups is 1. The normalized spacial score (nSPS) is 13.7. The van der Waals surface area contributed by atoms with Gasteiger partial charge in [0.25, 0.3) is 11.5 Å². The minimum Gasteiger partial charge on any atom is -0.355 e. The second-order valence-electron chi connectivity index (χ2n) is 9.06. The highest BCUT2D eigenvalue weighted by molar-refractivity contribution is 6.03. The molecular weight excluding hydrogens is 471 g/mol. The van der Waals surface area contributed by atoms with E-state index >= 15 is 0 Å². The average molecular weight is 499 g/mol. The minimum atomic E-state index is -0.465. The van der Waals surface area contributed by atoms with Crippen LogP contribution in [0.3, 0.4) is 0 Å². The zero-order chi connectivity index (χ0) is 25.6. The van der Waals surface area contributed by atoms with E-state index in [0.717, 1.165) is 29.2 Å². The fourth-order valence-electron chi connectivity index (χ4n) is 4.39. The van der Waals surface area contributed by atoms with Crippen LogP contribution in [0.4, 0.5) is 15.9 Å². The van der Waals surface area contributed by atoms with Gasteiger partial charge in [-0.1, -0.05) is 37.1 Å². The molecule has 3 heterocycles. The fraction of sp³-hybridized carbons (Fsp3) is 0.250. The molecule has 37 heavy (non-hydrogen) atoms. The predicted molar refractivity (Wildman–Crippen MR) is 140 cm³/mol. The maximum atomic E-state index is 13.5. The largest absolute Gasteiger partial charge is 0.355 e. The molecular formula is C28H27FN6O2. The van der Waals surface area contributed by atoms with Gasteiger partial charge in [0.2, 0.25) is 0 Å². The summed E-state index contributed by atoms with van der Waals surface area (Å²) < 4.78 is 14.7. The summed E-state index contributed by atoms with van der Waals surface area (Å²) in [6.07, 6.45) is 4.85. The highest BCUT2D eigenvalue weighted by Gasteiger charge is 2.14. The van der Waals surface area contributed by atoms with Gasteiger partial charge in [0, 0.05) is 30.4 Å². The summed E-state index contributed by atoms with van der Waals surface area (Å²) in [5.41, 5.74) is 2.34. The molecule has 0 atom stereocenters. The van der Waals surface area contributed by atoms with Crippen molar-refractivity contribution in [3.63, 3.8) is 0 Å². The zero-order valence-electron chi connectivity index (χ0n) is 20.3. The molecule has 0 aliphatic carbocycles. The Balaban J connectivity index is 1.29. The SMILES string of the molecule is O=C(Nc1cccc(-c2ccc(N3CCCCCC3)nn2)c1)c1ccc(=O)n(Cc2cccc(F)c2)n1. The quantitative estimate of drug-likeness (QED) is 0.420. The third-order valence-electron chi connectivity index (χ3n) is 6.32. The van der Waals surface area contributed by atoms with Crippen LogP contribution in [0, 0.1) is 5.82 Å². The van der Waals surface area contributed by atoms with Crippen molar-refractivity contribution in [2.45, 2.75) is 32.2 Å². The molecule has 8 nitrogen and oxygen atoms in total. The molecule has 1 saturated heterocycles. The van der Waals surface area contributed by atoms with Crippen molar-refractivity contribution in [3.8, 4) is 11.3 Å². The summed E-state index contributed by atoms with van der Waals surface area (Å²) in [7, 11) is 0. The first-order valence-electron chi connectivity index (χ1n) is 12.4. The van der Waals surface area contributed by atoms with E-state index < -0.39 is 11.7 Å². The Labute approximate surface area is 213 Å². The first kappa shape index (κ1) is 24.3. The Morgan fingerprint density at radius 2 is 1.70 bits per heavy atom. The molecule has 1 aliphatic heterocycles. The van der Waals surface area contributed by atoms with Gasteiger partial charge in [-0.15, -0.1) is 10.2 Å². The smallest absolute Gasteiger partial charge is 0.276 e. The van der Waals surface area contributed by atoms with E-state index in [0.29, 0.717) is 16.9 Å². The molecule has 1 amide bonds. The molecule has 4 aromatic rings. The fourth-order valence-corrected chi connectivity index (χ4v) is 4.39. The van der Waals surface area contributed by atoms with Crippen molar-refractivity contribution in [2.75, 3.05) is 23.3 Å². The van der Waals surface area contributed by atoms with Gasteiger partial charge < -0.3 is 10.2 Å². The summed E-state index contributed by atoms with van der Waals surface area (Å²) in [5, 5.41) is 15.9. The van der Waals surface area contributed by atoms with Crippen LogP contribution in [-0.2, 0) is 6.54 Å². The topological polar surface area (TPSA) is 93.0 Å². The molecule has 0 spiro atoms. The number of anilines is 2. The van der Waals surface area contributed by atoms with Crippen molar-refractivity contribution in [1.82, 2.24) is 20.0 Å². The number of amides is 1. The molecule has 0 unspecified atom stereocenters. The molecule has 1 fully saturated rings. The third kappa shape index (κ3) is 6.06. The maximum Gasteiger partial charge on any atom is 0.276 e. The van der Waals surface area contributed by atoms with Crippen molar-refractivity contribution in [1.29, 1.82) is 0 Å². The van der Waals surface area contributed by atoms with Gasteiger partial charge in [-0.25, -0.2) is 9.07 Å². The molecule has 1 aliphatic rings. The average Bonchev–Trinajstić information content (AvgIpc) is 3.20. The van der Waals surface area contributed by atoms with Crippen LogP contribution in [0.25, 0.3) is 11.3 Å². The molecule has 0 radical (unpaired) electrons. The van der Waals surface area contributed by atoms with Crippen LogP contribution in [0.2, 0.25) is 0 Å². The lowest BCUT2D eigenvalue weighted by Gasteiger charge is -2.20. The number of hydrogen-bond donors (Lipinski definition) is 1. The minimum absolute atomic E-state index is 0.0549. The lowest BCUT2D eigenvalue weighted by molar-refractivity contribution is 0.102. The second-order valence-corrected chi connectivity index (χ2v) is 9.06. The number of nitrogens with one attached hydrogen (secondary N) is 1. The van der Waals surface area contributed by atoms with Crippen LogP contribution in [0.15, 0.2) is 77.6 Å². The van der Waals surface area contributed by atoms with Gasteiger partial charge >= 0.3 is 0 Å². The molecule has 0 bridgehead atoms. The molecule has 9 heteroatoms. The number of aromatic nitrogens is 4. The number of benzene rings is 2. The van der Waals surface area contributed by atoms with Crippen LogP contribution >= 0.6 is 0 Å². The summed E-state index contributed by atoms with van der Waals surface area (Å²) in [4.78, 5) is 27.4. The highest BCUT2D eigenvalue weighted by atomic mass is 19.1. The Kier molecular flexibility index (Phi) is 7.30. The first-order valence-corrected chi connectivity index (χ1v) is 12.4. The van der Waals surface area contributed by atoms with E-state index in [4.69, 9.17) is 0 Å². The van der Waals surface area contributed by atoms with E-state index in [1.807, 2.05) is 30.3 Å². The summed E-state index contributed by atoms with van der Waals surface area (Å²) in [5.74, 6) is 0.0166. The van der Waals surface area contributed by atoms with Crippen LogP contribution in [0.1, 0.15) is 41.7 Å². The van der Waals surface area contributed by atoms with Crippen LogP contribution in [0.5, 0.6) is 0 Å². The van der Waals surface area contributed by atoms with Crippen LogP contribution in [-0.4, -0.2) is 39.0 Å². The Hall–Kier alpha value is -4.40. The van der Waals surface area contributed by atoms with Gasteiger partial charge in [0.1, 0.15) is 11.5 Å². The lowest BCUT2D eigenvalue weighted by Crippen LogP contribution is -2.26. The molecule has 0 saturated carbocycles. The van der Waals surface area contributed by atoms with Gasteiger partial charge in [0.15, 0.2) is 5.82 Å². The Bertz CT molecular complexity index is 1450. The van der Waals surface area contributed by atoms with Crippen molar-refractivity contribution >= 4 is 17.4 Å². The highest BCUT2D eigenvalue weighted by Crippen LogP contribution is 2.23. The standard InChI is InChI=1S/C28H27FN6O2/c29-22-9-5-7-20(17-22)19-35-27(36)14-12-25(33-35)28(37)30-23-10-6-8-21(18-23)24-11-13-26(32-31-24)34-15-3-1-2-4-16-34/h5-14,17-18H,1-4,15-16,19H2,(H,30,37). The van der Waals surface area contributed by atoms with Crippen molar-refractivity contribution in [2.24, 2.45) is 0 Å². The molecule has 1 N–H and O–H groups in total. The number of halogens is 1. The molecule has 5 rings (SSSR count). The number of carbonyl (C=O) groups excluding carboxylic acids is 1. The molecule has 2 aromatic carbocycles. The Morgan fingerprint density at radius 3 is 2.46 bits per heavy atom. The van der Waals surface area contributed by atoms with Gasteiger partial charge in [-0.05, 0) is 60.9 Å². The van der Waals surface area contributed by atoms with Crippen molar-refractivity contribution < 1.29 is 9.18 Å². The summed E-state index contributed by atoms with van der Waals surface area (Å²) in [6, 6.07) is 19.8. The maximum absolute atomic E-state index is 13.5. The zero-order valence-corrected chi connectivity index (χ0v) is 20.3.